The Morgan fingerprint density at radius 1 is 1.48 bits per heavy atom. The van der Waals surface area contributed by atoms with Gasteiger partial charge in [-0.25, -0.2) is 4.79 Å². The molecule has 1 aromatic heterocycles. The van der Waals surface area contributed by atoms with Crippen molar-refractivity contribution in [3.8, 4) is 0 Å². The molecule has 1 aromatic carbocycles. The number of nitrogen functional groups attached to an aromatic ring is 1. The van der Waals surface area contributed by atoms with Crippen molar-refractivity contribution >= 4 is 17.3 Å². The molecule has 112 valence electrons. The molecule has 1 heterocycles. The number of carbonyl (C=O) groups excluding carboxylic acids is 1. The quantitative estimate of drug-likeness (QED) is 0.463. The minimum atomic E-state index is -0.336. The third-order valence-electron chi connectivity index (χ3n) is 3.00. The van der Waals surface area contributed by atoms with Crippen molar-refractivity contribution in [1.29, 1.82) is 0 Å². The Labute approximate surface area is 123 Å². The fourth-order valence-corrected chi connectivity index (χ4v) is 1.95. The molecule has 0 fully saturated rings. The van der Waals surface area contributed by atoms with Crippen LogP contribution in [0.4, 0.5) is 11.4 Å². The normalized spacial score (nSPS) is 10.3. The first kappa shape index (κ1) is 14.9. The molecule has 2 aromatic rings. The van der Waals surface area contributed by atoms with Gasteiger partial charge in [-0.2, -0.15) is 5.10 Å². The van der Waals surface area contributed by atoms with Crippen molar-refractivity contribution in [3.63, 3.8) is 0 Å². The molecule has 0 unspecified atom stereocenters. The van der Waals surface area contributed by atoms with E-state index in [9.17, 15) is 4.79 Å². The maximum atomic E-state index is 11.7. The Morgan fingerprint density at radius 2 is 2.33 bits per heavy atom. The Morgan fingerprint density at radius 3 is 3.05 bits per heavy atom. The summed E-state index contributed by atoms with van der Waals surface area (Å²) in [5, 5.41) is 7.38. The van der Waals surface area contributed by atoms with E-state index in [1.807, 2.05) is 16.9 Å². The molecule has 0 radical (unpaired) electrons. The topological polar surface area (TPSA) is 82.2 Å². The summed E-state index contributed by atoms with van der Waals surface area (Å²) in [5.74, 6) is -0.336. The van der Waals surface area contributed by atoms with Crippen molar-refractivity contribution in [2.75, 3.05) is 24.2 Å². The zero-order chi connectivity index (χ0) is 15.1. The number of anilines is 2. The van der Waals surface area contributed by atoms with Crippen LogP contribution < -0.4 is 11.1 Å². The fourth-order valence-electron chi connectivity index (χ4n) is 1.95. The molecule has 0 aliphatic carbocycles. The van der Waals surface area contributed by atoms with E-state index in [2.05, 4.69) is 10.4 Å². The van der Waals surface area contributed by atoms with Crippen LogP contribution in [-0.2, 0) is 11.3 Å². The summed E-state index contributed by atoms with van der Waals surface area (Å²) in [7, 11) is 0. The van der Waals surface area contributed by atoms with Gasteiger partial charge >= 0.3 is 5.97 Å². The van der Waals surface area contributed by atoms with Crippen LogP contribution in [0.15, 0.2) is 36.7 Å². The van der Waals surface area contributed by atoms with Crippen molar-refractivity contribution in [3.05, 3.63) is 42.2 Å². The molecule has 6 heteroatoms. The minimum Gasteiger partial charge on any atom is -0.462 e. The highest BCUT2D eigenvalue weighted by Crippen LogP contribution is 2.20. The number of hydrogen-bond acceptors (Lipinski definition) is 5. The first-order valence-electron chi connectivity index (χ1n) is 6.98. The summed E-state index contributed by atoms with van der Waals surface area (Å²) in [4.78, 5) is 11.7. The van der Waals surface area contributed by atoms with E-state index in [0.717, 1.165) is 25.2 Å². The van der Waals surface area contributed by atoms with Gasteiger partial charge in [-0.15, -0.1) is 0 Å². The lowest BCUT2D eigenvalue weighted by Gasteiger charge is -2.11. The minimum absolute atomic E-state index is 0.336. The predicted octanol–water partition coefficient (Wildman–Crippen LogP) is 2.14. The highest BCUT2D eigenvalue weighted by atomic mass is 16.5. The Hall–Kier alpha value is -2.50. The molecule has 0 amide bonds. The molecular weight excluding hydrogens is 268 g/mol. The molecule has 0 saturated carbocycles. The van der Waals surface area contributed by atoms with Crippen LogP contribution in [0, 0.1) is 0 Å². The Kier molecular flexibility index (Phi) is 5.20. The molecule has 6 nitrogen and oxygen atoms in total. The van der Waals surface area contributed by atoms with E-state index in [4.69, 9.17) is 10.5 Å². The van der Waals surface area contributed by atoms with Crippen molar-refractivity contribution < 1.29 is 9.53 Å². The van der Waals surface area contributed by atoms with Crippen LogP contribution in [0.5, 0.6) is 0 Å². The first-order valence-corrected chi connectivity index (χ1v) is 6.98. The largest absolute Gasteiger partial charge is 0.462 e. The zero-order valence-electron chi connectivity index (χ0n) is 12.1. The van der Waals surface area contributed by atoms with Gasteiger partial charge in [0.15, 0.2) is 0 Å². The lowest BCUT2D eigenvalue weighted by atomic mass is 10.1. The molecule has 0 saturated heterocycles. The fraction of sp³-hybridized carbons (Fsp3) is 0.333. The average molecular weight is 288 g/mol. The number of carbonyl (C=O) groups is 1. The second kappa shape index (κ2) is 7.33. The molecule has 0 atom stereocenters. The van der Waals surface area contributed by atoms with E-state index in [1.165, 1.54) is 0 Å². The van der Waals surface area contributed by atoms with Gasteiger partial charge in [-0.05, 0) is 37.6 Å². The number of hydrogen-bond donors (Lipinski definition) is 2. The molecule has 3 N–H and O–H groups in total. The number of esters is 1. The Bertz CT molecular complexity index is 581. The van der Waals surface area contributed by atoms with Crippen molar-refractivity contribution in [2.45, 2.75) is 19.9 Å². The number of nitrogens with one attached hydrogen (secondary N) is 1. The standard InChI is InChI=1S/C15H20N4O2/c1-2-21-15(20)12-5-6-13(16)14(11-12)17-7-3-9-19-10-4-8-18-19/h4-6,8,10-11,17H,2-3,7,9,16H2,1H3. The van der Waals surface area contributed by atoms with Crippen LogP contribution in [0.1, 0.15) is 23.7 Å². The van der Waals surface area contributed by atoms with Crippen LogP contribution in [0.2, 0.25) is 0 Å². The summed E-state index contributed by atoms with van der Waals surface area (Å²) >= 11 is 0. The second-order valence-corrected chi connectivity index (χ2v) is 4.57. The smallest absolute Gasteiger partial charge is 0.338 e. The summed E-state index contributed by atoms with van der Waals surface area (Å²) < 4.78 is 6.85. The second-order valence-electron chi connectivity index (χ2n) is 4.57. The van der Waals surface area contributed by atoms with Crippen molar-refractivity contribution in [2.24, 2.45) is 0 Å². The summed E-state index contributed by atoms with van der Waals surface area (Å²) in [6, 6.07) is 7.00. The first-order chi connectivity index (χ1) is 10.2. The SMILES string of the molecule is CCOC(=O)c1ccc(N)c(NCCCn2cccn2)c1. The van der Waals surface area contributed by atoms with Crippen LogP contribution in [0.25, 0.3) is 0 Å². The maximum absolute atomic E-state index is 11.7. The van der Waals surface area contributed by atoms with E-state index in [0.29, 0.717) is 17.9 Å². The van der Waals surface area contributed by atoms with Crippen LogP contribution in [-0.4, -0.2) is 28.9 Å². The van der Waals surface area contributed by atoms with E-state index < -0.39 is 0 Å². The van der Waals surface area contributed by atoms with Gasteiger partial charge in [0.1, 0.15) is 0 Å². The third-order valence-corrected chi connectivity index (χ3v) is 3.00. The Balaban J connectivity index is 1.89. The summed E-state index contributed by atoms with van der Waals surface area (Å²) in [6.45, 7) is 3.72. The third kappa shape index (κ3) is 4.24. The monoisotopic (exact) mass is 288 g/mol. The molecule has 0 aliphatic heterocycles. The predicted molar refractivity (Wildman–Crippen MR) is 82.1 cm³/mol. The van der Waals surface area contributed by atoms with E-state index in [1.54, 1.807) is 31.3 Å². The lowest BCUT2D eigenvalue weighted by Crippen LogP contribution is -2.10. The molecule has 0 spiro atoms. The number of benzene rings is 1. The van der Waals surface area contributed by atoms with Gasteiger partial charge in [-0.1, -0.05) is 0 Å². The molecular formula is C15H20N4O2. The molecule has 0 bridgehead atoms. The molecule has 0 aliphatic rings. The lowest BCUT2D eigenvalue weighted by molar-refractivity contribution is 0.0526. The van der Waals surface area contributed by atoms with E-state index >= 15 is 0 Å². The highest BCUT2D eigenvalue weighted by molar-refractivity contribution is 5.92. The highest BCUT2D eigenvalue weighted by Gasteiger charge is 2.08. The number of aryl methyl sites for hydroxylation is 1. The van der Waals surface area contributed by atoms with Crippen LogP contribution >= 0.6 is 0 Å². The van der Waals surface area contributed by atoms with Gasteiger partial charge in [0.05, 0.1) is 23.5 Å². The maximum Gasteiger partial charge on any atom is 0.338 e. The van der Waals surface area contributed by atoms with E-state index in [-0.39, 0.29) is 5.97 Å². The van der Waals surface area contributed by atoms with Crippen molar-refractivity contribution in [1.82, 2.24) is 9.78 Å². The number of nitrogens with two attached hydrogens (primary N) is 1. The summed E-state index contributed by atoms with van der Waals surface area (Å²) in [6.07, 6.45) is 4.59. The average Bonchev–Trinajstić information content (AvgIpc) is 2.98. The van der Waals surface area contributed by atoms with Gasteiger partial charge in [0, 0.05) is 25.5 Å². The number of ether oxygens (including phenoxy) is 1. The number of aromatic nitrogens is 2. The zero-order valence-corrected chi connectivity index (χ0v) is 12.1. The van der Waals surface area contributed by atoms with Gasteiger partial charge in [-0.3, -0.25) is 4.68 Å². The van der Waals surface area contributed by atoms with Gasteiger partial charge in [0.2, 0.25) is 0 Å². The summed E-state index contributed by atoms with van der Waals surface area (Å²) in [5.41, 5.74) is 7.77. The van der Waals surface area contributed by atoms with Gasteiger partial charge in [0.25, 0.3) is 0 Å². The molecule has 21 heavy (non-hydrogen) atoms. The number of rotatable bonds is 7. The van der Waals surface area contributed by atoms with Gasteiger partial charge < -0.3 is 15.8 Å². The molecule has 2 rings (SSSR count). The number of nitrogens with zero attached hydrogens (tertiary/aromatic N) is 2. The van der Waals surface area contributed by atoms with Crippen LogP contribution in [0.3, 0.4) is 0 Å².